The molecule has 1 heterocycles. The molecule has 1 saturated heterocycles. The number of nitrogens with zero attached hydrogens (tertiary/aromatic N) is 1. The number of carbonyl (C=O) groups is 1. The Labute approximate surface area is 116 Å². The third-order valence-electron chi connectivity index (χ3n) is 3.83. The second-order valence-electron chi connectivity index (χ2n) is 4.72. The summed E-state index contributed by atoms with van der Waals surface area (Å²) in [7, 11) is 0. The van der Waals surface area contributed by atoms with Crippen molar-refractivity contribution in [2.24, 2.45) is 0 Å². The normalized spacial score (nSPS) is 19.7. The van der Waals surface area contributed by atoms with Gasteiger partial charge in [-0.15, -0.1) is 0 Å². The molecule has 18 heavy (non-hydrogen) atoms. The molecule has 3 nitrogen and oxygen atoms in total. The minimum Gasteiger partial charge on any atom is -0.480 e. The molecule has 1 unspecified atom stereocenters. The molecule has 1 fully saturated rings. The van der Waals surface area contributed by atoms with E-state index < -0.39 is 11.5 Å². The summed E-state index contributed by atoms with van der Waals surface area (Å²) in [4.78, 5) is 14.0. The van der Waals surface area contributed by atoms with Crippen molar-refractivity contribution in [2.45, 2.75) is 31.7 Å². The molecule has 0 amide bonds. The highest BCUT2D eigenvalue weighted by molar-refractivity contribution is 9.10. The topological polar surface area (TPSA) is 40.5 Å². The van der Waals surface area contributed by atoms with Crippen molar-refractivity contribution < 1.29 is 9.90 Å². The zero-order chi connectivity index (χ0) is 13.2. The summed E-state index contributed by atoms with van der Waals surface area (Å²) in [6.45, 7) is 3.70. The zero-order valence-electron chi connectivity index (χ0n) is 10.5. The van der Waals surface area contributed by atoms with Crippen LogP contribution in [0.15, 0.2) is 28.7 Å². The monoisotopic (exact) mass is 311 g/mol. The number of carboxylic acids is 1. The molecular formula is C14H18BrNO2. The van der Waals surface area contributed by atoms with Crippen molar-refractivity contribution >= 4 is 21.9 Å². The summed E-state index contributed by atoms with van der Waals surface area (Å²) >= 11 is 3.39. The highest BCUT2D eigenvalue weighted by atomic mass is 79.9. The van der Waals surface area contributed by atoms with Gasteiger partial charge in [0.1, 0.15) is 5.54 Å². The second-order valence-corrected chi connectivity index (χ2v) is 5.64. The van der Waals surface area contributed by atoms with E-state index in [1.54, 1.807) is 0 Å². The molecule has 98 valence electrons. The molecule has 4 heteroatoms. The Morgan fingerprint density at radius 3 is 2.33 bits per heavy atom. The van der Waals surface area contributed by atoms with Gasteiger partial charge in [0, 0.05) is 4.47 Å². The van der Waals surface area contributed by atoms with E-state index in [0.717, 1.165) is 36.0 Å². The number of carboxylic acid groups (broad SMARTS) is 1. The van der Waals surface area contributed by atoms with Crippen LogP contribution in [0.25, 0.3) is 0 Å². The lowest BCUT2D eigenvalue weighted by Crippen LogP contribution is -2.50. The molecular weight excluding hydrogens is 294 g/mol. The Morgan fingerprint density at radius 1 is 1.33 bits per heavy atom. The van der Waals surface area contributed by atoms with Gasteiger partial charge in [-0.3, -0.25) is 4.90 Å². The third kappa shape index (κ3) is 2.19. The lowest BCUT2D eigenvalue weighted by molar-refractivity contribution is -0.152. The van der Waals surface area contributed by atoms with Crippen LogP contribution in [-0.2, 0) is 10.3 Å². The maximum atomic E-state index is 11.9. The van der Waals surface area contributed by atoms with E-state index in [-0.39, 0.29) is 0 Å². The Balaban J connectivity index is 2.46. The van der Waals surface area contributed by atoms with Gasteiger partial charge in [0.05, 0.1) is 0 Å². The van der Waals surface area contributed by atoms with Crippen LogP contribution in [0.2, 0.25) is 0 Å². The molecule has 1 aliphatic rings. The van der Waals surface area contributed by atoms with Gasteiger partial charge >= 0.3 is 5.97 Å². The lowest BCUT2D eigenvalue weighted by atomic mass is 9.85. The van der Waals surface area contributed by atoms with Gasteiger partial charge in [0.25, 0.3) is 0 Å². The van der Waals surface area contributed by atoms with E-state index in [1.165, 1.54) is 0 Å². The number of rotatable bonds is 4. The quantitative estimate of drug-likeness (QED) is 0.928. The summed E-state index contributed by atoms with van der Waals surface area (Å²) in [5, 5.41) is 9.75. The molecule has 0 aliphatic carbocycles. The van der Waals surface area contributed by atoms with Crippen LogP contribution in [0.1, 0.15) is 31.7 Å². The summed E-state index contributed by atoms with van der Waals surface area (Å²) in [5.41, 5.74) is 0.0135. The van der Waals surface area contributed by atoms with Crippen molar-refractivity contribution in [3.8, 4) is 0 Å². The maximum absolute atomic E-state index is 11.9. The molecule has 1 atom stereocenters. The summed E-state index contributed by atoms with van der Waals surface area (Å²) in [6, 6.07) is 7.66. The highest BCUT2D eigenvalue weighted by Crippen LogP contribution is 2.35. The van der Waals surface area contributed by atoms with Gasteiger partial charge in [-0.05, 0) is 50.0 Å². The van der Waals surface area contributed by atoms with Gasteiger partial charge in [-0.2, -0.15) is 0 Å². The predicted octanol–water partition coefficient (Wildman–Crippen LogP) is 3.23. The van der Waals surface area contributed by atoms with E-state index in [0.29, 0.717) is 6.42 Å². The van der Waals surface area contributed by atoms with Gasteiger partial charge in [-0.1, -0.05) is 35.0 Å². The molecule has 0 bridgehead atoms. The molecule has 0 saturated carbocycles. The Hall–Kier alpha value is -0.870. The largest absolute Gasteiger partial charge is 0.480 e. The molecule has 1 aliphatic heterocycles. The fraction of sp³-hybridized carbons (Fsp3) is 0.500. The first-order chi connectivity index (χ1) is 8.61. The van der Waals surface area contributed by atoms with Crippen LogP contribution in [0.3, 0.4) is 0 Å². The molecule has 0 radical (unpaired) electrons. The van der Waals surface area contributed by atoms with Crippen LogP contribution < -0.4 is 0 Å². The SMILES string of the molecule is CCC(C(=O)O)(c1ccc(Br)cc1)N1CCCC1. The van der Waals surface area contributed by atoms with E-state index in [4.69, 9.17) is 0 Å². The number of hydrogen-bond donors (Lipinski definition) is 1. The van der Waals surface area contributed by atoms with Crippen LogP contribution in [0.5, 0.6) is 0 Å². The molecule has 1 aromatic carbocycles. The van der Waals surface area contributed by atoms with E-state index in [1.807, 2.05) is 31.2 Å². The van der Waals surface area contributed by atoms with Gasteiger partial charge < -0.3 is 5.11 Å². The number of likely N-dealkylation sites (tertiary alicyclic amines) is 1. The average Bonchev–Trinajstić information content (AvgIpc) is 2.87. The van der Waals surface area contributed by atoms with Gasteiger partial charge in [-0.25, -0.2) is 4.79 Å². The lowest BCUT2D eigenvalue weighted by Gasteiger charge is -2.38. The first kappa shape index (κ1) is 13.6. The fourth-order valence-electron chi connectivity index (χ4n) is 2.84. The van der Waals surface area contributed by atoms with Crippen molar-refractivity contribution in [1.82, 2.24) is 4.90 Å². The standard InChI is InChI=1S/C14H18BrNO2/c1-2-14(13(17)18,16-9-3-4-10-16)11-5-7-12(15)8-6-11/h5-8H,2-4,9-10H2,1H3,(H,17,18). The van der Waals surface area contributed by atoms with E-state index in [9.17, 15) is 9.90 Å². The summed E-state index contributed by atoms with van der Waals surface area (Å²) in [5.74, 6) is -0.741. The summed E-state index contributed by atoms with van der Waals surface area (Å²) in [6.07, 6.45) is 2.76. The molecule has 1 aromatic rings. The van der Waals surface area contributed by atoms with E-state index >= 15 is 0 Å². The van der Waals surface area contributed by atoms with Crippen LogP contribution in [0.4, 0.5) is 0 Å². The molecule has 0 spiro atoms. The number of hydrogen-bond acceptors (Lipinski definition) is 2. The maximum Gasteiger partial charge on any atom is 0.328 e. The van der Waals surface area contributed by atoms with Crippen LogP contribution in [-0.4, -0.2) is 29.1 Å². The second kappa shape index (κ2) is 5.41. The van der Waals surface area contributed by atoms with Crippen molar-refractivity contribution in [2.75, 3.05) is 13.1 Å². The molecule has 2 rings (SSSR count). The highest BCUT2D eigenvalue weighted by Gasteiger charge is 2.45. The number of halogens is 1. The first-order valence-corrected chi connectivity index (χ1v) is 7.15. The van der Waals surface area contributed by atoms with Crippen molar-refractivity contribution in [1.29, 1.82) is 0 Å². The number of aliphatic carboxylic acids is 1. The Morgan fingerprint density at radius 2 is 1.89 bits per heavy atom. The molecule has 0 aromatic heterocycles. The Kier molecular flexibility index (Phi) is 4.07. The minimum atomic E-state index is -0.864. The third-order valence-corrected chi connectivity index (χ3v) is 4.36. The smallest absolute Gasteiger partial charge is 0.328 e. The summed E-state index contributed by atoms with van der Waals surface area (Å²) < 4.78 is 0.975. The van der Waals surface area contributed by atoms with Gasteiger partial charge in [0.2, 0.25) is 0 Å². The fourth-order valence-corrected chi connectivity index (χ4v) is 3.11. The molecule has 1 N–H and O–H groups in total. The van der Waals surface area contributed by atoms with Gasteiger partial charge in [0.15, 0.2) is 0 Å². The van der Waals surface area contributed by atoms with E-state index in [2.05, 4.69) is 20.8 Å². The Bertz CT molecular complexity index is 426. The van der Waals surface area contributed by atoms with Crippen molar-refractivity contribution in [3.05, 3.63) is 34.3 Å². The predicted molar refractivity (Wildman–Crippen MR) is 74.6 cm³/mol. The average molecular weight is 312 g/mol. The van der Waals surface area contributed by atoms with Crippen LogP contribution >= 0.6 is 15.9 Å². The number of benzene rings is 1. The first-order valence-electron chi connectivity index (χ1n) is 6.35. The minimum absolute atomic E-state index is 0.587. The van der Waals surface area contributed by atoms with Crippen molar-refractivity contribution in [3.63, 3.8) is 0 Å². The zero-order valence-corrected chi connectivity index (χ0v) is 12.1. The van der Waals surface area contributed by atoms with Crippen LogP contribution in [0, 0.1) is 0 Å².